The Morgan fingerprint density at radius 1 is 1.67 bits per heavy atom. The molecule has 0 aromatic rings. The van der Waals surface area contributed by atoms with Gasteiger partial charge >= 0.3 is 43.3 Å². The van der Waals surface area contributed by atoms with Crippen LogP contribution in [0.5, 0.6) is 0 Å². The third-order valence-electron chi connectivity index (χ3n) is 0.316. The van der Waals surface area contributed by atoms with Crippen molar-refractivity contribution in [2.75, 3.05) is 0 Å². The Balaban J connectivity index is 3.26. The predicted octanol–water partition coefficient (Wildman–Crippen LogP) is 0.991. The Labute approximate surface area is 44.0 Å². The van der Waals surface area contributed by atoms with Crippen LogP contribution in [0.3, 0.4) is 0 Å². The molecule has 0 saturated heterocycles. The zero-order chi connectivity index (χ0) is 5.15. The van der Waals surface area contributed by atoms with Crippen LogP contribution in [0.2, 0.25) is 0 Å². The molecule has 0 radical (unpaired) electrons. The van der Waals surface area contributed by atoms with Gasteiger partial charge in [-0.05, 0) is 0 Å². The van der Waals surface area contributed by atoms with Crippen molar-refractivity contribution in [3.8, 4) is 0 Å². The van der Waals surface area contributed by atoms with Gasteiger partial charge in [0.1, 0.15) is 0 Å². The normalized spacial score (nSPS) is 9.17. The fourth-order valence-electron chi connectivity index (χ4n) is 0. The van der Waals surface area contributed by atoms with Gasteiger partial charge in [-0.15, -0.1) is 0 Å². The van der Waals surface area contributed by atoms with E-state index in [-0.39, 0.29) is 4.23 Å². The van der Waals surface area contributed by atoms with Crippen LogP contribution in [0.4, 0.5) is 8.78 Å². The van der Waals surface area contributed by atoms with E-state index in [0.717, 1.165) is 0 Å². The van der Waals surface area contributed by atoms with Crippen LogP contribution in [-0.2, 0) is 17.0 Å². The molecule has 0 nitrogen and oxygen atoms in total. The second kappa shape index (κ2) is 2.48. The van der Waals surface area contributed by atoms with E-state index in [0.29, 0.717) is 0 Å². The zero-order valence-electron chi connectivity index (χ0n) is 3.28. The second-order valence-corrected chi connectivity index (χ2v) is 2.04. The molecule has 3 heteroatoms. The standard InChI is InChI=1S/C3H4F2.V/c1-2-3(4)5;/h3H,1H3;. The van der Waals surface area contributed by atoms with E-state index in [1.54, 1.807) is 17.0 Å². The summed E-state index contributed by atoms with van der Waals surface area (Å²) in [5.74, 6) is 0. The molecule has 0 heterocycles. The number of halogens is 2. The monoisotopic (exact) mass is 129 g/mol. The van der Waals surface area contributed by atoms with Crippen LogP contribution in [0.1, 0.15) is 6.92 Å². The summed E-state index contributed by atoms with van der Waals surface area (Å²) in [6.45, 7) is 1.38. The Bertz CT molecular complexity index is 59.8. The van der Waals surface area contributed by atoms with Crippen molar-refractivity contribution in [2.45, 2.75) is 13.3 Å². The first-order chi connectivity index (χ1) is 2.64. The number of hydrogen-bond donors (Lipinski definition) is 0. The molecule has 0 rings (SSSR count). The molecule has 0 spiro atoms. The van der Waals surface area contributed by atoms with Gasteiger partial charge in [-0.3, -0.25) is 0 Å². The van der Waals surface area contributed by atoms with Crippen molar-refractivity contribution in [3.63, 3.8) is 0 Å². The Morgan fingerprint density at radius 2 is 1.83 bits per heavy atom. The first-order valence-electron chi connectivity index (χ1n) is 1.45. The van der Waals surface area contributed by atoms with E-state index < -0.39 is 6.43 Å². The van der Waals surface area contributed by atoms with Gasteiger partial charge in [-0.25, -0.2) is 0 Å². The van der Waals surface area contributed by atoms with Crippen molar-refractivity contribution in [2.24, 2.45) is 0 Å². The maximum absolute atomic E-state index is 11.1. The van der Waals surface area contributed by atoms with Gasteiger partial charge in [0.25, 0.3) is 0 Å². The summed E-state index contributed by atoms with van der Waals surface area (Å²) in [7, 11) is 0. The van der Waals surface area contributed by atoms with Crippen molar-refractivity contribution >= 4 is 4.23 Å². The van der Waals surface area contributed by atoms with E-state index in [1.165, 1.54) is 6.92 Å². The molecule has 0 aromatic heterocycles. The SMILES string of the molecule is C[C](=[V])C(F)F. The van der Waals surface area contributed by atoms with Gasteiger partial charge in [0, 0.05) is 0 Å². The van der Waals surface area contributed by atoms with Crippen LogP contribution in [0.15, 0.2) is 0 Å². The summed E-state index contributed by atoms with van der Waals surface area (Å²) in [5.41, 5.74) is 0. The summed E-state index contributed by atoms with van der Waals surface area (Å²) in [6, 6.07) is 0. The van der Waals surface area contributed by atoms with Gasteiger partial charge < -0.3 is 0 Å². The van der Waals surface area contributed by atoms with E-state index in [9.17, 15) is 8.78 Å². The zero-order valence-corrected chi connectivity index (χ0v) is 4.68. The predicted molar refractivity (Wildman–Crippen MR) is 16.7 cm³/mol. The molecule has 0 aliphatic rings. The van der Waals surface area contributed by atoms with Gasteiger partial charge in [0.05, 0.1) is 0 Å². The minimum absolute atomic E-state index is 0.113. The first kappa shape index (κ1) is 6.31. The van der Waals surface area contributed by atoms with E-state index in [2.05, 4.69) is 0 Å². The summed E-state index contributed by atoms with van der Waals surface area (Å²) in [4.78, 5) is 0. The minimum atomic E-state index is -2.26. The van der Waals surface area contributed by atoms with Crippen molar-refractivity contribution < 1.29 is 25.8 Å². The molecule has 0 bridgehead atoms. The van der Waals surface area contributed by atoms with Crippen LogP contribution in [0, 0.1) is 0 Å². The fraction of sp³-hybridized carbons (Fsp3) is 0.667. The summed E-state index contributed by atoms with van der Waals surface area (Å²) in [5, 5.41) is 0. The first-order valence-corrected chi connectivity index (χ1v) is 2.15. The second-order valence-electron chi connectivity index (χ2n) is 0.942. The topological polar surface area (TPSA) is 0 Å². The molecule has 0 saturated carbocycles. The molecule has 0 amide bonds. The molecule has 0 aliphatic carbocycles. The average molecular weight is 129 g/mol. The molecule has 35 valence electrons. The number of rotatable bonds is 1. The molecule has 6 heavy (non-hydrogen) atoms. The third-order valence-corrected chi connectivity index (χ3v) is 0.621. The molecule has 0 aromatic carbocycles. The molecule has 0 unspecified atom stereocenters. The average Bonchev–Trinajstić information content (AvgIpc) is 1.36. The molecule has 0 atom stereocenters. The van der Waals surface area contributed by atoms with Crippen LogP contribution >= 0.6 is 0 Å². The molecule has 0 aliphatic heterocycles. The van der Waals surface area contributed by atoms with Crippen LogP contribution in [-0.4, -0.2) is 10.7 Å². The van der Waals surface area contributed by atoms with E-state index in [1.807, 2.05) is 0 Å². The van der Waals surface area contributed by atoms with Gasteiger partial charge in [0.2, 0.25) is 0 Å². The maximum atomic E-state index is 11.1. The molecular formula is C3H4F2V. The fourth-order valence-corrected chi connectivity index (χ4v) is 0. The Kier molecular flexibility index (Phi) is 2.61. The Morgan fingerprint density at radius 3 is 1.83 bits per heavy atom. The number of alkyl halides is 2. The Hall–Kier alpha value is 0.314. The van der Waals surface area contributed by atoms with Crippen molar-refractivity contribution in [1.29, 1.82) is 0 Å². The summed E-state index contributed by atoms with van der Waals surface area (Å²) >= 11 is 1.81. The van der Waals surface area contributed by atoms with Crippen molar-refractivity contribution in [3.05, 3.63) is 0 Å². The van der Waals surface area contributed by atoms with Crippen LogP contribution in [0.25, 0.3) is 0 Å². The molecular weight excluding hydrogens is 125 g/mol. The quantitative estimate of drug-likeness (QED) is 0.495. The molecule has 0 fully saturated rings. The summed E-state index contributed by atoms with van der Waals surface area (Å²) < 4.78 is 22.3. The van der Waals surface area contributed by atoms with Gasteiger partial charge in [0.15, 0.2) is 0 Å². The van der Waals surface area contributed by atoms with Gasteiger partial charge in [-0.2, -0.15) is 0 Å². The van der Waals surface area contributed by atoms with Crippen LogP contribution < -0.4 is 0 Å². The third kappa shape index (κ3) is 2.55. The van der Waals surface area contributed by atoms with Crippen molar-refractivity contribution in [1.82, 2.24) is 0 Å². The van der Waals surface area contributed by atoms with E-state index in [4.69, 9.17) is 0 Å². The summed E-state index contributed by atoms with van der Waals surface area (Å²) in [6.07, 6.45) is -2.26. The van der Waals surface area contributed by atoms with Gasteiger partial charge in [-0.1, -0.05) is 0 Å². The van der Waals surface area contributed by atoms with E-state index >= 15 is 0 Å². The number of hydrogen-bond acceptors (Lipinski definition) is 0. The molecule has 0 N–H and O–H groups in total.